The van der Waals surface area contributed by atoms with E-state index in [4.69, 9.17) is 21.8 Å². The third-order valence-corrected chi connectivity index (χ3v) is 3.06. The Labute approximate surface area is 122 Å². The highest BCUT2D eigenvalue weighted by Gasteiger charge is 2.10. The van der Waals surface area contributed by atoms with Crippen LogP contribution in [0.2, 0.25) is 5.02 Å². The van der Waals surface area contributed by atoms with Gasteiger partial charge >= 0.3 is 0 Å². The van der Waals surface area contributed by atoms with Crippen molar-refractivity contribution < 1.29 is 10.2 Å². The van der Waals surface area contributed by atoms with E-state index in [0.717, 1.165) is 11.3 Å². The summed E-state index contributed by atoms with van der Waals surface area (Å²) in [7, 11) is 0. The molecule has 0 amide bonds. The van der Waals surface area contributed by atoms with Gasteiger partial charge in [-0.1, -0.05) is 23.7 Å². The summed E-state index contributed by atoms with van der Waals surface area (Å²) in [4.78, 5) is 10.4. The molecule has 106 valence electrons. The maximum Gasteiger partial charge on any atom is 0.226 e. The molecule has 6 heteroatoms. The van der Waals surface area contributed by atoms with Crippen molar-refractivity contribution in [3.05, 3.63) is 41.6 Å². The third kappa shape index (κ3) is 3.66. The molecule has 2 aromatic rings. The summed E-state index contributed by atoms with van der Waals surface area (Å²) in [6, 6.07) is 9.19. The van der Waals surface area contributed by atoms with Crippen LogP contribution in [0.3, 0.4) is 0 Å². The number of anilines is 1. The van der Waals surface area contributed by atoms with Gasteiger partial charge in [0.15, 0.2) is 0 Å². The lowest BCUT2D eigenvalue weighted by Crippen LogP contribution is -2.31. The van der Waals surface area contributed by atoms with Crippen LogP contribution in [0, 0.1) is 0 Å². The fourth-order valence-electron chi connectivity index (χ4n) is 1.84. The van der Waals surface area contributed by atoms with E-state index in [-0.39, 0.29) is 13.2 Å². The molecule has 20 heavy (non-hydrogen) atoms. The van der Waals surface area contributed by atoms with Crippen molar-refractivity contribution in [1.29, 1.82) is 0 Å². The van der Waals surface area contributed by atoms with Gasteiger partial charge in [-0.05, 0) is 18.2 Å². The van der Waals surface area contributed by atoms with Gasteiger partial charge in [0, 0.05) is 29.9 Å². The highest BCUT2D eigenvalue weighted by Crippen LogP contribution is 2.21. The molecule has 0 saturated carbocycles. The second-order valence-corrected chi connectivity index (χ2v) is 4.62. The van der Waals surface area contributed by atoms with Gasteiger partial charge in [-0.25, -0.2) is 9.97 Å². The minimum atomic E-state index is -0.0193. The van der Waals surface area contributed by atoms with Crippen LogP contribution in [0.5, 0.6) is 0 Å². The molecule has 2 N–H and O–H groups in total. The molecule has 0 bridgehead atoms. The maximum atomic E-state index is 9.05. The van der Waals surface area contributed by atoms with Gasteiger partial charge < -0.3 is 15.1 Å². The van der Waals surface area contributed by atoms with Crippen molar-refractivity contribution in [2.75, 3.05) is 31.2 Å². The summed E-state index contributed by atoms with van der Waals surface area (Å²) in [5.41, 5.74) is 1.71. The monoisotopic (exact) mass is 293 g/mol. The zero-order chi connectivity index (χ0) is 14.4. The van der Waals surface area contributed by atoms with Crippen molar-refractivity contribution in [3.8, 4) is 11.3 Å². The van der Waals surface area contributed by atoms with Crippen molar-refractivity contribution in [2.45, 2.75) is 0 Å². The third-order valence-electron chi connectivity index (χ3n) is 2.81. The Kier molecular flexibility index (Phi) is 5.29. The minimum absolute atomic E-state index is 0.0193. The summed E-state index contributed by atoms with van der Waals surface area (Å²) in [6.45, 7) is 0.721. The zero-order valence-electron chi connectivity index (χ0n) is 10.9. The summed E-state index contributed by atoms with van der Waals surface area (Å²) >= 11 is 5.87. The van der Waals surface area contributed by atoms with Crippen LogP contribution in [-0.2, 0) is 0 Å². The van der Waals surface area contributed by atoms with Crippen molar-refractivity contribution >= 4 is 17.5 Å². The van der Waals surface area contributed by atoms with E-state index < -0.39 is 0 Å². The lowest BCUT2D eigenvalue weighted by Gasteiger charge is -2.20. The van der Waals surface area contributed by atoms with Gasteiger partial charge in [-0.3, -0.25) is 0 Å². The second kappa shape index (κ2) is 7.19. The van der Waals surface area contributed by atoms with E-state index >= 15 is 0 Å². The molecular weight excluding hydrogens is 278 g/mol. The van der Waals surface area contributed by atoms with E-state index in [1.165, 1.54) is 0 Å². The lowest BCUT2D eigenvalue weighted by molar-refractivity contribution is 0.280. The Hall–Kier alpha value is -1.69. The Bertz CT molecular complexity index is 542. The summed E-state index contributed by atoms with van der Waals surface area (Å²) in [5.74, 6) is 0.487. The SMILES string of the molecule is OCCN(CCO)c1nccc(-c2ccc(Cl)cc2)n1. The number of halogens is 1. The van der Waals surface area contributed by atoms with Crippen LogP contribution in [0.4, 0.5) is 5.95 Å². The molecule has 1 heterocycles. The van der Waals surface area contributed by atoms with E-state index in [1.807, 2.05) is 18.2 Å². The van der Waals surface area contributed by atoms with E-state index in [1.54, 1.807) is 23.2 Å². The van der Waals surface area contributed by atoms with Crippen LogP contribution in [0.1, 0.15) is 0 Å². The van der Waals surface area contributed by atoms with Crippen LogP contribution < -0.4 is 4.90 Å². The fourth-order valence-corrected chi connectivity index (χ4v) is 1.96. The van der Waals surface area contributed by atoms with Crippen molar-refractivity contribution in [2.24, 2.45) is 0 Å². The molecule has 0 unspecified atom stereocenters. The molecule has 0 aliphatic heterocycles. The Morgan fingerprint density at radius 3 is 2.25 bits per heavy atom. The number of benzene rings is 1. The number of hydrogen-bond donors (Lipinski definition) is 2. The highest BCUT2D eigenvalue weighted by molar-refractivity contribution is 6.30. The molecule has 0 radical (unpaired) electrons. The first kappa shape index (κ1) is 14.7. The molecule has 0 atom stereocenters. The van der Waals surface area contributed by atoms with Gasteiger partial charge in [-0.2, -0.15) is 0 Å². The largest absolute Gasteiger partial charge is 0.395 e. The van der Waals surface area contributed by atoms with Gasteiger partial charge in [0.25, 0.3) is 0 Å². The quantitative estimate of drug-likeness (QED) is 0.846. The number of rotatable bonds is 6. The number of aliphatic hydroxyl groups is 2. The average Bonchev–Trinajstić information content (AvgIpc) is 2.48. The Balaban J connectivity index is 2.28. The Morgan fingerprint density at radius 1 is 1.00 bits per heavy atom. The van der Waals surface area contributed by atoms with Crippen LogP contribution in [0.15, 0.2) is 36.5 Å². The molecule has 5 nitrogen and oxygen atoms in total. The van der Waals surface area contributed by atoms with E-state index in [0.29, 0.717) is 24.1 Å². The van der Waals surface area contributed by atoms with Crippen LogP contribution >= 0.6 is 11.6 Å². The van der Waals surface area contributed by atoms with Gasteiger partial charge in [0.05, 0.1) is 18.9 Å². The zero-order valence-corrected chi connectivity index (χ0v) is 11.7. The van der Waals surface area contributed by atoms with Crippen molar-refractivity contribution in [3.63, 3.8) is 0 Å². The molecule has 0 aliphatic rings. The summed E-state index contributed by atoms with van der Waals surface area (Å²) in [6.07, 6.45) is 1.66. The second-order valence-electron chi connectivity index (χ2n) is 4.18. The van der Waals surface area contributed by atoms with Gasteiger partial charge in [0.1, 0.15) is 0 Å². The number of hydrogen-bond acceptors (Lipinski definition) is 5. The van der Waals surface area contributed by atoms with Gasteiger partial charge in [0.2, 0.25) is 5.95 Å². The predicted octanol–water partition coefficient (Wildman–Crippen LogP) is 1.59. The summed E-state index contributed by atoms with van der Waals surface area (Å²) in [5, 5.41) is 18.8. The van der Waals surface area contributed by atoms with E-state index in [9.17, 15) is 0 Å². The molecule has 0 aliphatic carbocycles. The number of nitrogens with zero attached hydrogens (tertiary/aromatic N) is 3. The van der Waals surface area contributed by atoms with E-state index in [2.05, 4.69) is 9.97 Å². The molecule has 1 aromatic heterocycles. The Morgan fingerprint density at radius 2 is 1.65 bits per heavy atom. The topological polar surface area (TPSA) is 69.5 Å². The predicted molar refractivity (Wildman–Crippen MR) is 78.9 cm³/mol. The lowest BCUT2D eigenvalue weighted by atomic mass is 10.1. The highest BCUT2D eigenvalue weighted by atomic mass is 35.5. The van der Waals surface area contributed by atoms with Crippen LogP contribution in [-0.4, -0.2) is 46.5 Å². The molecule has 2 rings (SSSR count). The number of aliphatic hydroxyl groups excluding tert-OH is 2. The van der Waals surface area contributed by atoms with Crippen molar-refractivity contribution in [1.82, 2.24) is 9.97 Å². The standard InChI is InChI=1S/C14H16ClN3O2/c15-12-3-1-11(2-4-12)13-5-6-16-14(17-13)18(7-9-19)8-10-20/h1-6,19-20H,7-10H2. The van der Waals surface area contributed by atoms with Gasteiger partial charge in [-0.15, -0.1) is 0 Å². The molecular formula is C14H16ClN3O2. The minimum Gasteiger partial charge on any atom is -0.395 e. The normalized spacial score (nSPS) is 10.6. The average molecular weight is 294 g/mol. The number of aromatic nitrogens is 2. The first-order valence-corrected chi connectivity index (χ1v) is 6.68. The smallest absolute Gasteiger partial charge is 0.226 e. The first-order chi connectivity index (χ1) is 9.74. The fraction of sp³-hybridized carbons (Fsp3) is 0.286. The first-order valence-electron chi connectivity index (χ1n) is 6.30. The molecule has 0 fully saturated rings. The maximum absolute atomic E-state index is 9.05. The molecule has 0 spiro atoms. The molecule has 1 aromatic carbocycles. The van der Waals surface area contributed by atoms with Crippen LogP contribution in [0.25, 0.3) is 11.3 Å². The summed E-state index contributed by atoms with van der Waals surface area (Å²) < 4.78 is 0. The molecule has 0 saturated heterocycles.